The van der Waals surface area contributed by atoms with Gasteiger partial charge in [-0.25, -0.2) is 0 Å². The molecule has 1 atom stereocenters. The third-order valence-electron chi connectivity index (χ3n) is 4.06. The summed E-state index contributed by atoms with van der Waals surface area (Å²) in [7, 11) is -1.02. The second-order valence-corrected chi connectivity index (χ2v) is 7.00. The largest absolute Gasteiger partial charge is 0.348 e. The summed E-state index contributed by atoms with van der Waals surface area (Å²) in [6, 6.07) is 13.4. The number of benzene rings is 2. The summed E-state index contributed by atoms with van der Waals surface area (Å²) in [6.45, 7) is 0.535. The Morgan fingerprint density at radius 1 is 1.09 bits per heavy atom. The van der Waals surface area contributed by atoms with Crippen LogP contribution in [0.1, 0.15) is 33.5 Å². The molecule has 3 rings (SSSR count). The van der Waals surface area contributed by atoms with Crippen molar-refractivity contribution in [2.45, 2.75) is 30.7 Å². The fraction of sp³-hybridized carbons (Fsp3) is 0.278. The minimum Gasteiger partial charge on any atom is -0.348 e. The van der Waals surface area contributed by atoms with Crippen molar-refractivity contribution in [3.8, 4) is 0 Å². The lowest BCUT2D eigenvalue weighted by molar-refractivity contribution is 0.0951. The third kappa shape index (κ3) is 3.28. The van der Waals surface area contributed by atoms with Crippen molar-refractivity contribution in [2.75, 3.05) is 6.26 Å². The molecule has 0 aromatic heterocycles. The van der Waals surface area contributed by atoms with E-state index in [2.05, 4.69) is 23.5 Å². The molecule has 1 amide bonds. The zero-order valence-corrected chi connectivity index (χ0v) is 13.4. The molecule has 2 aromatic carbocycles. The van der Waals surface area contributed by atoms with Crippen molar-refractivity contribution >= 4 is 16.7 Å². The highest BCUT2D eigenvalue weighted by molar-refractivity contribution is 7.84. The molecule has 0 heterocycles. The number of nitrogens with one attached hydrogen (secondary N) is 1. The fourth-order valence-electron chi connectivity index (χ4n) is 2.82. The van der Waals surface area contributed by atoms with Gasteiger partial charge in [0.1, 0.15) is 0 Å². The molecule has 1 unspecified atom stereocenters. The first-order valence-corrected chi connectivity index (χ1v) is 9.01. The van der Waals surface area contributed by atoms with Crippen LogP contribution in [0.3, 0.4) is 0 Å². The Morgan fingerprint density at radius 2 is 1.82 bits per heavy atom. The molecule has 0 saturated carbocycles. The van der Waals surface area contributed by atoms with E-state index in [0.29, 0.717) is 12.1 Å². The Morgan fingerprint density at radius 3 is 2.55 bits per heavy atom. The smallest absolute Gasteiger partial charge is 0.251 e. The van der Waals surface area contributed by atoms with Crippen molar-refractivity contribution in [3.05, 3.63) is 64.7 Å². The molecule has 0 aliphatic heterocycles. The van der Waals surface area contributed by atoms with Gasteiger partial charge in [0.15, 0.2) is 0 Å². The second kappa shape index (κ2) is 6.44. The zero-order chi connectivity index (χ0) is 15.5. The summed E-state index contributed by atoms with van der Waals surface area (Å²) in [4.78, 5) is 12.9. The number of carbonyl (C=O) groups excluding carboxylic acids is 1. The highest BCUT2D eigenvalue weighted by Gasteiger charge is 2.11. The van der Waals surface area contributed by atoms with Crippen LogP contribution in [0.4, 0.5) is 0 Å². The van der Waals surface area contributed by atoms with Crippen molar-refractivity contribution in [3.63, 3.8) is 0 Å². The van der Waals surface area contributed by atoms with Gasteiger partial charge in [0.25, 0.3) is 5.91 Å². The highest BCUT2D eigenvalue weighted by Crippen LogP contribution is 2.22. The van der Waals surface area contributed by atoms with Crippen molar-refractivity contribution < 1.29 is 9.00 Å². The van der Waals surface area contributed by atoms with Crippen LogP contribution in [0.5, 0.6) is 0 Å². The summed E-state index contributed by atoms with van der Waals surface area (Å²) in [5.41, 5.74) is 4.59. The van der Waals surface area contributed by atoms with Crippen LogP contribution in [0, 0.1) is 0 Å². The summed E-state index contributed by atoms with van der Waals surface area (Å²) in [6.07, 6.45) is 5.18. The minimum atomic E-state index is -1.02. The van der Waals surface area contributed by atoms with E-state index in [0.717, 1.165) is 16.9 Å². The lowest BCUT2D eigenvalue weighted by atomic mass is 10.1. The van der Waals surface area contributed by atoms with E-state index in [-0.39, 0.29) is 5.91 Å². The summed E-state index contributed by atoms with van der Waals surface area (Å²) in [5.74, 6) is -0.103. The first-order chi connectivity index (χ1) is 10.6. The number of carbonyl (C=O) groups is 1. The maximum absolute atomic E-state index is 12.1. The molecule has 0 saturated heterocycles. The second-order valence-electron chi connectivity index (χ2n) is 5.62. The molecular weight excluding hydrogens is 294 g/mol. The highest BCUT2D eigenvalue weighted by atomic mass is 32.2. The number of aryl methyl sites for hydroxylation is 2. The summed E-state index contributed by atoms with van der Waals surface area (Å²) >= 11 is 0. The molecule has 1 N–H and O–H groups in total. The first kappa shape index (κ1) is 15.0. The molecule has 0 fully saturated rings. The molecule has 4 heteroatoms. The van der Waals surface area contributed by atoms with Gasteiger partial charge >= 0.3 is 0 Å². The SMILES string of the molecule is CS(=O)c1ccc(C(=O)NCc2ccc3c(c2)CCC3)cc1. The normalized spacial score (nSPS) is 14.4. The molecule has 114 valence electrons. The molecule has 1 aliphatic carbocycles. The molecule has 0 spiro atoms. The Hall–Kier alpha value is -1.94. The average molecular weight is 313 g/mol. The van der Waals surface area contributed by atoms with Gasteiger partial charge in [-0.2, -0.15) is 0 Å². The summed E-state index contributed by atoms with van der Waals surface area (Å²) < 4.78 is 11.3. The minimum absolute atomic E-state index is 0.103. The van der Waals surface area contributed by atoms with Gasteiger partial charge in [-0.05, 0) is 60.2 Å². The number of amides is 1. The lowest BCUT2D eigenvalue weighted by Gasteiger charge is -2.08. The van der Waals surface area contributed by atoms with Gasteiger partial charge in [0, 0.05) is 34.1 Å². The average Bonchev–Trinajstić information content (AvgIpc) is 3.00. The molecule has 0 bridgehead atoms. The van der Waals surface area contributed by atoms with E-state index in [1.807, 2.05) is 0 Å². The lowest BCUT2D eigenvalue weighted by Crippen LogP contribution is -2.22. The maximum Gasteiger partial charge on any atom is 0.251 e. The predicted molar refractivity (Wildman–Crippen MR) is 88.4 cm³/mol. The number of fused-ring (bicyclic) bond motifs is 1. The van der Waals surface area contributed by atoms with Crippen LogP contribution in [0.25, 0.3) is 0 Å². The van der Waals surface area contributed by atoms with Gasteiger partial charge in [0.2, 0.25) is 0 Å². The zero-order valence-electron chi connectivity index (χ0n) is 12.6. The van der Waals surface area contributed by atoms with Crippen LogP contribution in [0.15, 0.2) is 47.4 Å². The quantitative estimate of drug-likeness (QED) is 0.943. The number of hydrogen-bond acceptors (Lipinski definition) is 2. The van der Waals surface area contributed by atoms with Gasteiger partial charge < -0.3 is 5.32 Å². The summed E-state index contributed by atoms with van der Waals surface area (Å²) in [5, 5.41) is 2.94. The van der Waals surface area contributed by atoms with Gasteiger partial charge in [0.05, 0.1) is 0 Å². The predicted octanol–water partition coefficient (Wildman–Crippen LogP) is 2.84. The topological polar surface area (TPSA) is 46.2 Å². The maximum atomic E-state index is 12.1. The van der Waals surface area contributed by atoms with Crippen LogP contribution in [0.2, 0.25) is 0 Å². The number of rotatable bonds is 4. The van der Waals surface area contributed by atoms with E-state index in [4.69, 9.17) is 0 Å². The third-order valence-corrected chi connectivity index (χ3v) is 5.00. The van der Waals surface area contributed by atoms with Crippen LogP contribution in [-0.2, 0) is 30.2 Å². The van der Waals surface area contributed by atoms with E-state index >= 15 is 0 Å². The molecule has 1 aliphatic rings. The Labute approximate surface area is 133 Å². The molecule has 0 radical (unpaired) electrons. The monoisotopic (exact) mass is 313 g/mol. The Kier molecular flexibility index (Phi) is 4.39. The van der Waals surface area contributed by atoms with E-state index in [1.165, 1.54) is 24.0 Å². The van der Waals surface area contributed by atoms with E-state index < -0.39 is 10.8 Å². The molecule has 3 nitrogen and oxygen atoms in total. The van der Waals surface area contributed by atoms with Crippen molar-refractivity contribution in [1.29, 1.82) is 0 Å². The Balaban J connectivity index is 1.63. The van der Waals surface area contributed by atoms with Crippen LogP contribution >= 0.6 is 0 Å². The van der Waals surface area contributed by atoms with Gasteiger partial charge in [-0.15, -0.1) is 0 Å². The standard InChI is InChI=1S/C18H19NO2S/c1-22(21)17-9-7-15(8-10-17)18(20)19-12-13-5-6-14-3-2-4-16(14)11-13/h5-11H,2-4,12H2,1H3,(H,19,20). The van der Waals surface area contributed by atoms with Gasteiger partial charge in [-0.1, -0.05) is 18.2 Å². The molecule has 22 heavy (non-hydrogen) atoms. The molecule has 2 aromatic rings. The Bertz CT molecular complexity index is 722. The number of hydrogen-bond donors (Lipinski definition) is 1. The van der Waals surface area contributed by atoms with Gasteiger partial charge in [-0.3, -0.25) is 9.00 Å². The van der Waals surface area contributed by atoms with Crippen LogP contribution < -0.4 is 5.32 Å². The van der Waals surface area contributed by atoms with Crippen molar-refractivity contribution in [2.24, 2.45) is 0 Å². The first-order valence-electron chi connectivity index (χ1n) is 7.46. The molecular formula is C18H19NO2S. The van der Waals surface area contributed by atoms with E-state index in [9.17, 15) is 9.00 Å². The van der Waals surface area contributed by atoms with Crippen LogP contribution in [-0.4, -0.2) is 16.4 Å². The van der Waals surface area contributed by atoms with E-state index in [1.54, 1.807) is 30.5 Å². The van der Waals surface area contributed by atoms with Crippen molar-refractivity contribution in [1.82, 2.24) is 5.32 Å². The fourth-order valence-corrected chi connectivity index (χ4v) is 3.34.